The Hall–Kier alpha value is -2.04. The molecule has 0 aromatic carbocycles. The molecular formula is C12H15N3O2. The summed E-state index contributed by atoms with van der Waals surface area (Å²) in [5.74, 6) is 0.501. The molecule has 3 N–H and O–H groups in total. The highest BCUT2D eigenvalue weighted by Crippen LogP contribution is 2.23. The van der Waals surface area contributed by atoms with E-state index in [4.69, 9.17) is 10.8 Å². The molecule has 0 unspecified atom stereocenters. The number of nitrogens with zero attached hydrogens (tertiary/aromatic N) is 2. The summed E-state index contributed by atoms with van der Waals surface area (Å²) in [5, 5.41) is 8.85. The first-order valence-corrected chi connectivity index (χ1v) is 5.47. The third-order valence-electron chi connectivity index (χ3n) is 2.82. The Morgan fingerprint density at radius 2 is 2.29 bits per heavy atom. The summed E-state index contributed by atoms with van der Waals surface area (Å²) in [6.07, 6.45) is 1.78. The molecular weight excluding hydrogens is 218 g/mol. The summed E-state index contributed by atoms with van der Waals surface area (Å²) in [7, 11) is 0. The van der Waals surface area contributed by atoms with Crippen LogP contribution in [0.3, 0.4) is 0 Å². The number of amides is 1. The summed E-state index contributed by atoms with van der Waals surface area (Å²) >= 11 is 0. The highest BCUT2D eigenvalue weighted by Gasteiger charge is 2.16. The monoisotopic (exact) mass is 233 g/mol. The molecule has 0 atom stereocenters. The van der Waals surface area contributed by atoms with Gasteiger partial charge in [-0.2, -0.15) is 0 Å². The number of anilines is 1. The Kier molecular flexibility index (Phi) is 2.99. The van der Waals surface area contributed by atoms with Crippen LogP contribution < -0.4 is 5.73 Å². The van der Waals surface area contributed by atoms with Gasteiger partial charge in [0.05, 0.1) is 0 Å². The molecule has 1 amide bonds. The molecule has 1 aromatic rings. The van der Waals surface area contributed by atoms with Crippen molar-refractivity contribution in [2.75, 3.05) is 18.8 Å². The Morgan fingerprint density at radius 1 is 1.53 bits per heavy atom. The van der Waals surface area contributed by atoms with Gasteiger partial charge in [0.15, 0.2) is 0 Å². The number of carbonyl (C=O) groups is 1. The molecule has 1 aliphatic heterocycles. The largest absolute Gasteiger partial charge is 0.465 e. The standard InChI is InChI=1S/C12H15N3O2/c1-8-6-10(7-11(13)14-8)9-2-4-15(5-3-9)12(16)17/h2,6-7H,3-5H2,1H3,(H2,13,14)(H,16,17). The molecule has 0 aliphatic carbocycles. The highest BCUT2D eigenvalue weighted by molar-refractivity contribution is 5.72. The number of nitrogen functional groups attached to an aromatic ring is 1. The van der Waals surface area contributed by atoms with Gasteiger partial charge in [-0.15, -0.1) is 0 Å². The van der Waals surface area contributed by atoms with E-state index in [-0.39, 0.29) is 0 Å². The van der Waals surface area contributed by atoms with Crippen LogP contribution in [0.4, 0.5) is 10.6 Å². The minimum Gasteiger partial charge on any atom is -0.465 e. The van der Waals surface area contributed by atoms with Gasteiger partial charge in [-0.25, -0.2) is 9.78 Å². The van der Waals surface area contributed by atoms with Crippen LogP contribution in [0.1, 0.15) is 17.7 Å². The normalized spacial score (nSPS) is 15.6. The van der Waals surface area contributed by atoms with Crippen molar-refractivity contribution in [2.45, 2.75) is 13.3 Å². The lowest BCUT2D eigenvalue weighted by atomic mass is 10.00. The zero-order chi connectivity index (χ0) is 12.4. The van der Waals surface area contributed by atoms with Crippen molar-refractivity contribution < 1.29 is 9.90 Å². The molecule has 0 bridgehead atoms. The van der Waals surface area contributed by atoms with Crippen LogP contribution in [0, 0.1) is 6.92 Å². The van der Waals surface area contributed by atoms with Crippen LogP contribution in [0.2, 0.25) is 0 Å². The second kappa shape index (κ2) is 4.45. The fourth-order valence-electron chi connectivity index (χ4n) is 1.98. The average molecular weight is 233 g/mol. The van der Waals surface area contributed by atoms with E-state index in [1.807, 2.05) is 25.1 Å². The number of carboxylic acid groups (broad SMARTS) is 1. The van der Waals surface area contributed by atoms with Gasteiger partial charge in [-0.3, -0.25) is 0 Å². The Morgan fingerprint density at radius 3 is 2.82 bits per heavy atom. The average Bonchev–Trinajstić information content (AvgIpc) is 2.28. The molecule has 17 heavy (non-hydrogen) atoms. The van der Waals surface area contributed by atoms with Crippen LogP contribution in [0.25, 0.3) is 5.57 Å². The van der Waals surface area contributed by atoms with Crippen LogP contribution >= 0.6 is 0 Å². The minimum atomic E-state index is -0.870. The molecule has 0 spiro atoms. The van der Waals surface area contributed by atoms with Gasteiger partial charge in [-0.1, -0.05) is 6.08 Å². The minimum absolute atomic E-state index is 0.436. The van der Waals surface area contributed by atoms with Crippen molar-refractivity contribution in [1.29, 1.82) is 0 Å². The lowest BCUT2D eigenvalue weighted by molar-refractivity contribution is 0.150. The summed E-state index contributed by atoms with van der Waals surface area (Å²) in [6.45, 7) is 2.86. The molecule has 1 aliphatic rings. The van der Waals surface area contributed by atoms with Crippen molar-refractivity contribution in [3.63, 3.8) is 0 Å². The summed E-state index contributed by atoms with van der Waals surface area (Å²) in [5.41, 5.74) is 8.76. The van der Waals surface area contributed by atoms with Gasteiger partial charge in [-0.05, 0) is 36.6 Å². The predicted molar refractivity (Wildman–Crippen MR) is 65.6 cm³/mol. The molecule has 0 saturated heterocycles. The van der Waals surface area contributed by atoms with Crippen LogP contribution in [-0.2, 0) is 0 Å². The maximum atomic E-state index is 10.8. The van der Waals surface area contributed by atoms with Gasteiger partial charge in [0.25, 0.3) is 0 Å². The van der Waals surface area contributed by atoms with Gasteiger partial charge < -0.3 is 15.7 Å². The molecule has 1 aromatic heterocycles. The summed E-state index contributed by atoms with van der Waals surface area (Å²) < 4.78 is 0. The number of pyridine rings is 1. The smallest absolute Gasteiger partial charge is 0.407 e. The topological polar surface area (TPSA) is 79.5 Å². The van der Waals surface area contributed by atoms with Crippen molar-refractivity contribution in [1.82, 2.24) is 9.88 Å². The molecule has 5 nitrogen and oxygen atoms in total. The van der Waals surface area contributed by atoms with E-state index in [0.29, 0.717) is 18.9 Å². The number of nitrogens with two attached hydrogens (primary N) is 1. The van der Waals surface area contributed by atoms with Gasteiger partial charge in [0, 0.05) is 18.8 Å². The van der Waals surface area contributed by atoms with Crippen LogP contribution in [0.5, 0.6) is 0 Å². The molecule has 90 valence electrons. The van der Waals surface area contributed by atoms with E-state index in [0.717, 1.165) is 23.3 Å². The fraction of sp³-hybridized carbons (Fsp3) is 0.333. The molecule has 2 heterocycles. The molecule has 2 rings (SSSR count). The third-order valence-corrected chi connectivity index (χ3v) is 2.82. The number of aromatic nitrogens is 1. The van der Waals surface area contributed by atoms with Gasteiger partial charge in [0.2, 0.25) is 0 Å². The van der Waals surface area contributed by atoms with E-state index in [1.54, 1.807) is 0 Å². The fourth-order valence-corrected chi connectivity index (χ4v) is 1.98. The lowest BCUT2D eigenvalue weighted by Crippen LogP contribution is -2.33. The first-order chi connectivity index (χ1) is 8.06. The zero-order valence-corrected chi connectivity index (χ0v) is 9.68. The van der Waals surface area contributed by atoms with Gasteiger partial charge >= 0.3 is 6.09 Å². The Labute approximate surface area is 99.6 Å². The van der Waals surface area contributed by atoms with Crippen molar-refractivity contribution >= 4 is 17.5 Å². The zero-order valence-electron chi connectivity index (χ0n) is 9.68. The Balaban J connectivity index is 2.21. The van der Waals surface area contributed by atoms with E-state index in [2.05, 4.69) is 4.98 Å². The molecule has 5 heteroatoms. The van der Waals surface area contributed by atoms with Crippen molar-refractivity contribution in [3.8, 4) is 0 Å². The number of hydrogen-bond donors (Lipinski definition) is 2. The highest BCUT2D eigenvalue weighted by atomic mass is 16.4. The summed E-state index contributed by atoms with van der Waals surface area (Å²) in [4.78, 5) is 16.3. The molecule has 0 radical (unpaired) electrons. The first-order valence-electron chi connectivity index (χ1n) is 5.47. The van der Waals surface area contributed by atoms with Crippen molar-refractivity contribution in [3.05, 3.63) is 29.5 Å². The predicted octanol–water partition coefficient (Wildman–Crippen LogP) is 1.74. The van der Waals surface area contributed by atoms with Gasteiger partial charge in [0.1, 0.15) is 5.82 Å². The lowest BCUT2D eigenvalue weighted by Gasteiger charge is -2.24. The number of aryl methyl sites for hydroxylation is 1. The van der Waals surface area contributed by atoms with Crippen LogP contribution in [-0.4, -0.2) is 34.2 Å². The quantitative estimate of drug-likeness (QED) is 0.774. The van der Waals surface area contributed by atoms with E-state index < -0.39 is 6.09 Å². The first kappa shape index (κ1) is 11.4. The number of hydrogen-bond acceptors (Lipinski definition) is 3. The SMILES string of the molecule is Cc1cc(C2=CCN(C(=O)O)CC2)cc(N)n1. The maximum absolute atomic E-state index is 10.8. The van der Waals surface area contributed by atoms with E-state index >= 15 is 0 Å². The summed E-state index contributed by atoms with van der Waals surface area (Å²) in [6, 6.07) is 3.80. The third kappa shape index (κ3) is 2.55. The molecule has 0 fully saturated rings. The van der Waals surface area contributed by atoms with E-state index in [1.165, 1.54) is 4.90 Å². The second-order valence-electron chi connectivity index (χ2n) is 4.13. The number of rotatable bonds is 1. The van der Waals surface area contributed by atoms with E-state index in [9.17, 15) is 4.79 Å². The Bertz CT molecular complexity index is 462. The maximum Gasteiger partial charge on any atom is 0.407 e. The molecule has 0 saturated carbocycles. The second-order valence-corrected chi connectivity index (χ2v) is 4.13. The van der Waals surface area contributed by atoms with Crippen molar-refractivity contribution in [2.24, 2.45) is 0 Å². The van der Waals surface area contributed by atoms with Crippen LogP contribution in [0.15, 0.2) is 18.2 Å².